The Bertz CT molecular complexity index is 1130. The molecular weight excluding hydrogens is 424 g/mol. The Morgan fingerprint density at radius 3 is 2.30 bits per heavy atom. The molecule has 0 saturated heterocycles. The van der Waals surface area contributed by atoms with E-state index in [1.54, 1.807) is 48.5 Å². The number of hydrogen-bond acceptors (Lipinski definition) is 4. The van der Waals surface area contributed by atoms with Gasteiger partial charge in [-0.05, 0) is 49.4 Å². The van der Waals surface area contributed by atoms with Crippen molar-refractivity contribution in [2.45, 2.75) is 11.8 Å². The molecule has 3 aromatic rings. The molecule has 0 aliphatic rings. The van der Waals surface area contributed by atoms with Gasteiger partial charge in [0.15, 0.2) is 0 Å². The smallest absolute Gasteiger partial charge is 0.264 e. The minimum absolute atomic E-state index is 0.0764. The van der Waals surface area contributed by atoms with Crippen molar-refractivity contribution in [2.24, 2.45) is 0 Å². The van der Waals surface area contributed by atoms with Gasteiger partial charge in [0.2, 0.25) is 5.91 Å². The van der Waals surface area contributed by atoms with Crippen LogP contribution < -0.4 is 14.4 Å². The summed E-state index contributed by atoms with van der Waals surface area (Å²) in [5.74, 6) is -0.0781. The zero-order valence-electron chi connectivity index (χ0n) is 16.5. The summed E-state index contributed by atoms with van der Waals surface area (Å²) < 4.78 is 32.9. The SMILES string of the molecule is COc1ccc(N(CC(=O)Nc2ccccc2)S(=O)(=O)c2ccc(C)cc2)cc1Cl. The molecule has 0 bridgehead atoms. The lowest BCUT2D eigenvalue weighted by atomic mass is 10.2. The number of sulfonamides is 1. The van der Waals surface area contributed by atoms with Crippen LogP contribution in [0, 0.1) is 6.92 Å². The van der Waals surface area contributed by atoms with Gasteiger partial charge in [0.25, 0.3) is 10.0 Å². The van der Waals surface area contributed by atoms with Crippen molar-refractivity contribution in [2.75, 3.05) is 23.3 Å². The Labute approximate surface area is 181 Å². The highest BCUT2D eigenvalue weighted by molar-refractivity contribution is 7.92. The summed E-state index contributed by atoms with van der Waals surface area (Å²) in [7, 11) is -2.55. The zero-order chi connectivity index (χ0) is 21.7. The summed E-state index contributed by atoms with van der Waals surface area (Å²) in [6.07, 6.45) is 0. The molecule has 0 heterocycles. The molecule has 0 saturated carbocycles. The summed E-state index contributed by atoms with van der Waals surface area (Å²) in [6.45, 7) is 1.44. The molecule has 0 aliphatic heterocycles. The first-order chi connectivity index (χ1) is 14.3. The monoisotopic (exact) mass is 444 g/mol. The number of benzene rings is 3. The summed E-state index contributed by atoms with van der Waals surface area (Å²) in [5.41, 5.74) is 1.75. The second-order valence-corrected chi connectivity index (χ2v) is 8.83. The van der Waals surface area contributed by atoms with E-state index in [0.29, 0.717) is 11.4 Å². The van der Waals surface area contributed by atoms with Gasteiger partial charge in [-0.2, -0.15) is 0 Å². The molecule has 0 radical (unpaired) electrons. The van der Waals surface area contributed by atoms with Crippen LogP contribution in [0.4, 0.5) is 11.4 Å². The Kier molecular flexibility index (Phi) is 6.64. The maximum atomic E-state index is 13.4. The van der Waals surface area contributed by atoms with Crippen LogP contribution >= 0.6 is 11.6 Å². The third-order valence-corrected chi connectivity index (χ3v) is 6.46. The normalized spacial score (nSPS) is 11.0. The van der Waals surface area contributed by atoms with Crippen LogP contribution in [0.3, 0.4) is 0 Å². The van der Waals surface area contributed by atoms with Gasteiger partial charge in [-0.1, -0.05) is 47.5 Å². The Balaban J connectivity index is 1.98. The van der Waals surface area contributed by atoms with E-state index in [9.17, 15) is 13.2 Å². The number of halogens is 1. The molecule has 156 valence electrons. The summed E-state index contributed by atoms with van der Waals surface area (Å²) >= 11 is 6.21. The highest BCUT2D eigenvalue weighted by Crippen LogP contribution is 2.32. The molecule has 1 N–H and O–H groups in total. The molecule has 0 spiro atoms. The van der Waals surface area contributed by atoms with Crippen LogP contribution in [0.25, 0.3) is 0 Å². The fraction of sp³-hybridized carbons (Fsp3) is 0.136. The molecule has 0 fully saturated rings. The second-order valence-electron chi connectivity index (χ2n) is 6.56. The van der Waals surface area contributed by atoms with Crippen molar-refractivity contribution in [1.82, 2.24) is 0 Å². The molecule has 0 aliphatic carbocycles. The lowest BCUT2D eigenvalue weighted by molar-refractivity contribution is -0.114. The van der Waals surface area contributed by atoms with Crippen molar-refractivity contribution in [3.63, 3.8) is 0 Å². The maximum absolute atomic E-state index is 13.4. The number of methoxy groups -OCH3 is 1. The minimum Gasteiger partial charge on any atom is -0.495 e. The van der Waals surface area contributed by atoms with Gasteiger partial charge in [0.05, 0.1) is 22.7 Å². The molecule has 3 aromatic carbocycles. The first kappa shape index (κ1) is 21.7. The van der Waals surface area contributed by atoms with Crippen LogP contribution in [0.1, 0.15) is 5.56 Å². The summed E-state index contributed by atoms with van der Waals surface area (Å²) in [5, 5.41) is 2.95. The molecule has 0 atom stereocenters. The number of anilines is 2. The van der Waals surface area contributed by atoms with E-state index in [4.69, 9.17) is 16.3 Å². The number of rotatable bonds is 7. The zero-order valence-corrected chi connectivity index (χ0v) is 18.1. The number of ether oxygens (including phenoxy) is 1. The van der Waals surface area contributed by atoms with Gasteiger partial charge in [0.1, 0.15) is 12.3 Å². The molecule has 6 nitrogen and oxygen atoms in total. The lowest BCUT2D eigenvalue weighted by Gasteiger charge is -2.24. The number of carbonyl (C=O) groups excluding carboxylic acids is 1. The number of nitrogens with zero attached hydrogens (tertiary/aromatic N) is 1. The van der Waals surface area contributed by atoms with Crippen LogP contribution in [0.15, 0.2) is 77.7 Å². The van der Waals surface area contributed by atoms with E-state index in [1.807, 2.05) is 13.0 Å². The van der Waals surface area contributed by atoms with Crippen LogP contribution in [-0.2, 0) is 14.8 Å². The minimum atomic E-state index is -4.02. The first-order valence-corrected chi connectivity index (χ1v) is 10.9. The first-order valence-electron chi connectivity index (χ1n) is 9.09. The predicted molar refractivity (Wildman–Crippen MR) is 119 cm³/mol. The maximum Gasteiger partial charge on any atom is 0.264 e. The van der Waals surface area contributed by atoms with E-state index in [-0.39, 0.29) is 15.6 Å². The van der Waals surface area contributed by atoms with Gasteiger partial charge >= 0.3 is 0 Å². The van der Waals surface area contributed by atoms with E-state index >= 15 is 0 Å². The molecule has 1 amide bonds. The quantitative estimate of drug-likeness (QED) is 0.582. The van der Waals surface area contributed by atoms with Crippen LogP contribution in [0.5, 0.6) is 5.75 Å². The summed E-state index contributed by atoms with van der Waals surface area (Å²) in [4.78, 5) is 12.7. The highest BCUT2D eigenvalue weighted by atomic mass is 35.5. The number of carbonyl (C=O) groups is 1. The fourth-order valence-electron chi connectivity index (χ4n) is 2.82. The molecule has 0 aromatic heterocycles. The van der Waals surface area contributed by atoms with Crippen molar-refractivity contribution in [3.05, 3.63) is 83.4 Å². The van der Waals surface area contributed by atoms with Crippen molar-refractivity contribution < 1.29 is 17.9 Å². The van der Waals surface area contributed by atoms with Crippen molar-refractivity contribution >= 4 is 38.9 Å². The van der Waals surface area contributed by atoms with E-state index in [0.717, 1.165) is 9.87 Å². The number of hydrogen-bond donors (Lipinski definition) is 1. The summed E-state index contributed by atoms with van der Waals surface area (Å²) in [6, 6.07) is 19.8. The van der Waals surface area contributed by atoms with Crippen LogP contribution in [-0.4, -0.2) is 28.0 Å². The standard InChI is InChI=1S/C22H21ClN2O4S/c1-16-8-11-19(12-9-16)30(27,28)25(18-10-13-21(29-2)20(23)14-18)15-22(26)24-17-6-4-3-5-7-17/h3-14H,15H2,1-2H3,(H,24,26). The molecule has 30 heavy (non-hydrogen) atoms. The van der Waals surface area contributed by atoms with Gasteiger partial charge < -0.3 is 10.1 Å². The average Bonchev–Trinajstić information content (AvgIpc) is 2.73. The Hall–Kier alpha value is -3.03. The Morgan fingerprint density at radius 2 is 1.70 bits per heavy atom. The third kappa shape index (κ3) is 4.93. The van der Waals surface area contributed by atoms with Gasteiger partial charge in [-0.3, -0.25) is 9.10 Å². The van der Waals surface area contributed by atoms with Gasteiger partial charge in [-0.15, -0.1) is 0 Å². The Morgan fingerprint density at radius 1 is 1.03 bits per heavy atom. The molecule has 3 rings (SSSR count). The lowest BCUT2D eigenvalue weighted by Crippen LogP contribution is -2.38. The van der Waals surface area contributed by atoms with Crippen LogP contribution in [0.2, 0.25) is 5.02 Å². The van der Waals surface area contributed by atoms with Crippen molar-refractivity contribution in [1.29, 1.82) is 0 Å². The number of aryl methyl sites for hydroxylation is 1. The second kappa shape index (κ2) is 9.19. The van der Waals surface area contributed by atoms with E-state index < -0.39 is 22.5 Å². The fourth-order valence-corrected chi connectivity index (χ4v) is 4.48. The number of amides is 1. The average molecular weight is 445 g/mol. The predicted octanol–water partition coefficient (Wildman–Crippen LogP) is 4.49. The van der Waals surface area contributed by atoms with E-state index in [2.05, 4.69) is 5.32 Å². The number of nitrogens with one attached hydrogen (secondary N) is 1. The van der Waals surface area contributed by atoms with Gasteiger partial charge in [0, 0.05) is 5.69 Å². The topological polar surface area (TPSA) is 75.7 Å². The largest absolute Gasteiger partial charge is 0.495 e. The van der Waals surface area contributed by atoms with Crippen molar-refractivity contribution in [3.8, 4) is 5.75 Å². The molecule has 8 heteroatoms. The number of para-hydroxylation sites is 1. The molecular formula is C22H21ClN2O4S. The van der Waals surface area contributed by atoms with E-state index in [1.165, 1.54) is 25.3 Å². The van der Waals surface area contributed by atoms with Gasteiger partial charge in [-0.25, -0.2) is 8.42 Å². The highest BCUT2D eigenvalue weighted by Gasteiger charge is 2.28. The third-order valence-electron chi connectivity index (χ3n) is 4.38. The molecule has 0 unspecified atom stereocenters.